The third-order valence-corrected chi connectivity index (χ3v) is 2.71. The van der Waals surface area contributed by atoms with E-state index in [0.717, 1.165) is 0 Å². The summed E-state index contributed by atoms with van der Waals surface area (Å²) in [7, 11) is 0. The molecular formula is C16H22Zn. The topological polar surface area (TPSA) is 0 Å². The second-order valence-electron chi connectivity index (χ2n) is 4.75. The average molecular weight is 280 g/mol. The van der Waals surface area contributed by atoms with Crippen molar-refractivity contribution in [2.45, 2.75) is 39.5 Å². The van der Waals surface area contributed by atoms with Crippen LogP contribution in [0.25, 0.3) is 0 Å². The summed E-state index contributed by atoms with van der Waals surface area (Å²) in [4.78, 5) is 0. The summed E-state index contributed by atoms with van der Waals surface area (Å²) in [6.07, 6.45) is 0. The van der Waals surface area contributed by atoms with E-state index in [9.17, 15) is 0 Å². The Morgan fingerprint density at radius 1 is 0.588 bits per heavy atom. The van der Waals surface area contributed by atoms with Crippen molar-refractivity contribution in [3.05, 3.63) is 59.7 Å². The van der Waals surface area contributed by atoms with Crippen LogP contribution >= 0.6 is 0 Å². The van der Waals surface area contributed by atoms with Crippen LogP contribution in [0.5, 0.6) is 0 Å². The Hall–Kier alpha value is -0.677. The van der Waals surface area contributed by atoms with Gasteiger partial charge in [-0.05, 0) is 0 Å². The number of rotatable bonds is 2. The molecule has 88 valence electrons. The standard InChI is InChI=1S/2C8H11.Zn/c2*1-7(2)8-5-3-4-6-8;/h2*3-7H,1-2H3;/q2*-1;+2. The molecule has 2 aromatic rings. The van der Waals surface area contributed by atoms with E-state index in [1.54, 1.807) is 0 Å². The van der Waals surface area contributed by atoms with E-state index in [0.29, 0.717) is 11.8 Å². The fourth-order valence-electron chi connectivity index (χ4n) is 1.55. The fourth-order valence-corrected chi connectivity index (χ4v) is 1.55. The van der Waals surface area contributed by atoms with Crippen LogP contribution in [0.4, 0.5) is 0 Å². The van der Waals surface area contributed by atoms with Crippen LogP contribution in [-0.4, -0.2) is 0 Å². The van der Waals surface area contributed by atoms with Gasteiger partial charge < -0.3 is 0 Å². The van der Waals surface area contributed by atoms with Crippen LogP contribution in [0.15, 0.2) is 48.5 Å². The van der Waals surface area contributed by atoms with Gasteiger partial charge in [-0.15, -0.1) is 0 Å². The Morgan fingerprint density at radius 3 is 0.941 bits per heavy atom. The molecular weight excluding hydrogens is 258 g/mol. The van der Waals surface area contributed by atoms with Crippen molar-refractivity contribution in [2.75, 3.05) is 0 Å². The molecule has 0 atom stereocenters. The van der Waals surface area contributed by atoms with Gasteiger partial charge in [0.15, 0.2) is 0 Å². The van der Waals surface area contributed by atoms with Gasteiger partial charge in [0, 0.05) is 0 Å². The summed E-state index contributed by atoms with van der Waals surface area (Å²) in [6.45, 7) is 8.81. The van der Waals surface area contributed by atoms with Crippen LogP contribution in [0, 0.1) is 0 Å². The van der Waals surface area contributed by atoms with E-state index in [-0.39, 0.29) is 19.5 Å². The first kappa shape index (κ1) is 16.3. The molecule has 0 aliphatic heterocycles. The summed E-state index contributed by atoms with van der Waals surface area (Å²) in [5.74, 6) is 1.37. The van der Waals surface area contributed by atoms with Crippen LogP contribution in [-0.2, 0) is 19.5 Å². The Kier molecular flexibility index (Phi) is 8.08. The predicted octanol–water partition coefficient (Wildman–Crippen LogP) is 5.06. The second kappa shape index (κ2) is 8.42. The van der Waals surface area contributed by atoms with Crippen molar-refractivity contribution < 1.29 is 19.5 Å². The van der Waals surface area contributed by atoms with Crippen molar-refractivity contribution >= 4 is 0 Å². The molecule has 0 amide bonds. The molecule has 0 saturated carbocycles. The largest absolute Gasteiger partial charge is 2.00 e. The third kappa shape index (κ3) is 5.98. The van der Waals surface area contributed by atoms with Crippen LogP contribution in [0.3, 0.4) is 0 Å². The minimum atomic E-state index is 0. The minimum Gasteiger partial charge on any atom is -0.213 e. The van der Waals surface area contributed by atoms with Gasteiger partial charge >= 0.3 is 19.5 Å². The Bertz CT molecular complexity index is 314. The van der Waals surface area contributed by atoms with Gasteiger partial charge in [0.1, 0.15) is 0 Å². The molecule has 0 heterocycles. The normalized spacial score (nSPS) is 9.76. The SMILES string of the molecule is CC(C)[c-]1cccc1.CC(C)[c-]1cccc1.[Zn+2]. The second-order valence-corrected chi connectivity index (χ2v) is 4.75. The maximum atomic E-state index is 2.20. The van der Waals surface area contributed by atoms with Crippen LogP contribution in [0.1, 0.15) is 50.7 Å². The van der Waals surface area contributed by atoms with E-state index >= 15 is 0 Å². The molecule has 0 nitrogen and oxygen atoms in total. The molecule has 0 N–H and O–H groups in total. The summed E-state index contributed by atoms with van der Waals surface area (Å²) in [6, 6.07) is 16.9. The fraction of sp³-hybridized carbons (Fsp3) is 0.375. The van der Waals surface area contributed by atoms with Gasteiger partial charge in [0.2, 0.25) is 0 Å². The molecule has 0 aliphatic carbocycles. The summed E-state index contributed by atoms with van der Waals surface area (Å²) < 4.78 is 0. The Morgan fingerprint density at radius 2 is 0.824 bits per heavy atom. The van der Waals surface area contributed by atoms with E-state index in [2.05, 4.69) is 76.2 Å². The molecule has 0 aromatic heterocycles. The first-order valence-electron chi connectivity index (χ1n) is 6.04. The van der Waals surface area contributed by atoms with Crippen LogP contribution in [0.2, 0.25) is 0 Å². The molecule has 2 rings (SSSR count). The maximum absolute atomic E-state index is 2.20. The molecule has 0 unspecified atom stereocenters. The van der Waals surface area contributed by atoms with Gasteiger partial charge in [-0.3, -0.25) is 0 Å². The van der Waals surface area contributed by atoms with E-state index in [4.69, 9.17) is 0 Å². The zero-order chi connectivity index (χ0) is 12.0. The number of hydrogen-bond acceptors (Lipinski definition) is 0. The molecule has 1 heteroatoms. The molecule has 0 radical (unpaired) electrons. The van der Waals surface area contributed by atoms with Gasteiger partial charge in [-0.1, -0.05) is 39.5 Å². The van der Waals surface area contributed by atoms with Crippen molar-refractivity contribution in [2.24, 2.45) is 0 Å². The van der Waals surface area contributed by atoms with E-state index in [1.165, 1.54) is 11.1 Å². The average Bonchev–Trinajstić information content (AvgIpc) is 2.93. The van der Waals surface area contributed by atoms with Gasteiger partial charge in [0.05, 0.1) is 0 Å². The van der Waals surface area contributed by atoms with Gasteiger partial charge in [-0.2, -0.15) is 35.4 Å². The molecule has 0 aliphatic rings. The maximum Gasteiger partial charge on any atom is 2.00 e. The van der Waals surface area contributed by atoms with Gasteiger partial charge in [-0.25, -0.2) is 24.3 Å². The predicted molar refractivity (Wildman–Crippen MR) is 72.2 cm³/mol. The Labute approximate surface area is 119 Å². The first-order chi connectivity index (χ1) is 7.61. The smallest absolute Gasteiger partial charge is 0.213 e. The van der Waals surface area contributed by atoms with Crippen molar-refractivity contribution in [3.8, 4) is 0 Å². The van der Waals surface area contributed by atoms with E-state index < -0.39 is 0 Å². The summed E-state index contributed by atoms with van der Waals surface area (Å²) in [5, 5.41) is 0. The molecule has 17 heavy (non-hydrogen) atoms. The van der Waals surface area contributed by atoms with E-state index in [1.807, 2.05) is 0 Å². The van der Waals surface area contributed by atoms with Crippen LogP contribution < -0.4 is 0 Å². The first-order valence-corrected chi connectivity index (χ1v) is 6.04. The minimum absolute atomic E-state index is 0. The molecule has 0 fully saturated rings. The Balaban J connectivity index is 0.000000284. The van der Waals surface area contributed by atoms with Crippen molar-refractivity contribution in [1.82, 2.24) is 0 Å². The van der Waals surface area contributed by atoms with Crippen molar-refractivity contribution in [3.63, 3.8) is 0 Å². The summed E-state index contributed by atoms with van der Waals surface area (Å²) in [5.41, 5.74) is 2.87. The summed E-state index contributed by atoms with van der Waals surface area (Å²) >= 11 is 0. The molecule has 0 spiro atoms. The monoisotopic (exact) mass is 278 g/mol. The number of hydrogen-bond donors (Lipinski definition) is 0. The third-order valence-electron chi connectivity index (χ3n) is 2.71. The quantitative estimate of drug-likeness (QED) is 0.533. The zero-order valence-electron chi connectivity index (χ0n) is 11.5. The van der Waals surface area contributed by atoms with Crippen molar-refractivity contribution in [1.29, 1.82) is 0 Å². The molecule has 0 saturated heterocycles. The molecule has 0 bridgehead atoms. The van der Waals surface area contributed by atoms with Gasteiger partial charge in [0.25, 0.3) is 0 Å². The zero-order valence-corrected chi connectivity index (χ0v) is 14.4. The molecule has 2 aromatic carbocycles.